The van der Waals surface area contributed by atoms with E-state index >= 15 is 0 Å². The molecular weight excluding hydrogens is 391 g/mol. The second-order valence-electron chi connectivity index (χ2n) is 6.97. The third kappa shape index (κ3) is 5.26. The van der Waals surface area contributed by atoms with Crippen LogP contribution in [0.3, 0.4) is 0 Å². The molecule has 2 heterocycles. The summed E-state index contributed by atoms with van der Waals surface area (Å²) in [5.74, 6) is -0.168. The Morgan fingerprint density at radius 3 is 2.62 bits per heavy atom. The number of aryl methyl sites for hydroxylation is 1. The lowest BCUT2D eigenvalue weighted by atomic mass is 10.1. The van der Waals surface area contributed by atoms with E-state index < -0.39 is 17.8 Å². The highest BCUT2D eigenvalue weighted by molar-refractivity contribution is 5.61. The fraction of sp³-hybridized carbons (Fsp3) is 0.450. The van der Waals surface area contributed by atoms with Gasteiger partial charge in [0, 0.05) is 30.8 Å². The van der Waals surface area contributed by atoms with E-state index in [1.807, 2.05) is 0 Å². The highest BCUT2D eigenvalue weighted by atomic mass is 19.4. The molecule has 0 spiro atoms. The smallest absolute Gasteiger partial charge is 0.245 e. The van der Waals surface area contributed by atoms with Gasteiger partial charge in [-0.2, -0.15) is 27.2 Å². The zero-order valence-corrected chi connectivity index (χ0v) is 15.5. The zero-order valence-electron chi connectivity index (χ0n) is 15.5. The van der Waals surface area contributed by atoms with Crippen molar-refractivity contribution in [3.8, 4) is 17.3 Å². The first-order valence-corrected chi connectivity index (χ1v) is 9.27. The average Bonchev–Trinajstić information content (AvgIpc) is 2.68. The Balaban J connectivity index is 1.77. The fourth-order valence-corrected chi connectivity index (χ4v) is 3.37. The zero-order chi connectivity index (χ0) is 21.1. The number of benzene rings is 1. The molecule has 0 bridgehead atoms. The molecule has 0 unspecified atom stereocenters. The van der Waals surface area contributed by atoms with Gasteiger partial charge < -0.3 is 0 Å². The fourth-order valence-electron chi connectivity index (χ4n) is 3.37. The lowest BCUT2D eigenvalue weighted by Gasteiger charge is -2.35. The summed E-state index contributed by atoms with van der Waals surface area (Å²) >= 11 is 0. The van der Waals surface area contributed by atoms with Crippen LogP contribution in [0.15, 0.2) is 30.3 Å². The summed E-state index contributed by atoms with van der Waals surface area (Å²) in [6.45, 7) is 0.507. The summed E-state index contributed by atoms with van der Waals surface area (Å²) < 4.78 is 66.7. The van der Waals surface area contributed by atoms with Gasteiger partial charge in [-0.05, 0) is 43.9 Å². The van der Waals surface area contributed by atoms with Gasteiger partial charge in [0.2, 0.25) is 5.82 Å². The maximum Gasteiger partial charge on any atom is 0.416 e. The van der Waals surface area contributed by atoms with Gasteiger partial charge >= 0.3 is 12.2 Å². The summed E-state index contributed by atoms with van der Waals surface area (Å²) in [4.78, 5) is 9.21. The highest BCUT2D eigenvalue weighted by Gasteiger charge is 2.38. The molecule has 0 amide bonds. The lowest BCUT2D eigenvalue weighted by Crippen LogP contribution is -2.45. The molecule has 0 N–H and O–H groups in total. The molecule has 1 aromatic heterocycles. The van der Waals surface area contributed by atoms with E-state index in [1.54, 1.807) is 6.07 Å². The number of aromatic nitrogens is 2. The Labute approximate surface area is 165 Å². The predicted molar refractivity (Wildman–Crippen MR) is 95.9 cm³/mol. The monoisotopic (exact) mass is 410 g/mol. The standard InChI is InChI=1S/C20H19F5N4/c21-19(22)8-1-2-9-29(19)10-4-7-16-12-17(28-18(13-26)27-16)14-5-3-6-15(11-14)20(23,24)25/h3,5-6,11-12H,1-2,4,7-10H2. The van der Waals surface area contributed by atoms with E-state index in [1.165, 1.54) is 18.2 Å². The van der Waals surface area contributed by atoms with Crippen LogP contribution in [0.5, 0.6) is 0 Å². The number of rotatable bonds is 5. The molecule has 2 aromatic rings. The Bertz CT molecular complexity index is 904. The van der Waals surface area contributed by atoms with Gasteiger partial charge in [-0.25, -0.2) is 14.9 Å². The molecule has 0 atom stereocenters. The number of halogens is 5. The Hall–Kier alpha value is -2.60. The van der Waals surface area contributed by atoms with Crippen molar-refractivity contribution in [1.82, 2.24) is 14.9 Å². The van der Waals surface area contributed by atoms with Crippen molar-refractivity contribution in [2.75, 3.05) is 13.1 Å². The molecule has 3 rings (SSSR count). The maximum absolute atomic E-state index is 13.9. The molecule has 1 aliphatic rings. The van der Waals surface area contributed by atoms with Gasteiger partial charge in [-0.15, -0.1) is 0 Å². The van der Waals surface area contributed by atoms with Crippen LogP contribution in [0.1, 0.15) is 42.8 Å². The van der Waals surface area contributed by atoms with Crippen molar-refractivity contribution < 1.29 is 22.0 Å². The SMILES string of the molecule is N#Cc1nc(CCCN2CCCCC2(F)F)cc(-c2cccc(C(F)(F)F)c2)n1. The van der Waals surface area contributed by atoms with Crippen LogP contribution >= 0.6 is 0 Å². The largest absolute Gasteiger partial charge is 0.416 e. The molecule has 0 radical (unpaired) electrons. The van der Waals surface area contributed by atoms with E-state index in [0.29, 0.717) is 31.5 Å². The third-order valence-corrected chi connectivity index (χ3v) is 4.84. The molecule has 1 aromatic carbocycles. The van der Waals surface area contributed by atoms with E-state index in [2.05, 4.69) is 9.97 Å². The van der Waals surface area contributed by atoms with Gasteiger partial charge in [-0.3, -0.25) is 0 Å². The Morgan fingerprint density at radius 1 is 1.14 bits per heavy atom. The number of nitrogens with zero attached hydrogens (tertiary/aromatic N) is 4. The number of hydrogen-bond acceptors (Lipinski definition) is 4. The van der Waals surface area contributed by atoms with Crippen LogP contribution in [0.25, 0.3) is 11.3 Å². The van der Waals surface area contributed by atoms with Gasteiger partial charge in [0.1, 0.15) is 6.07 Å². The molecule has 9 heteroatoms. The van der Waals surface area contributed by atoms with E-state index in [0.717, 1.165) is 23.5 Å². The molecule has 0 saturated carbocycles. The van der Waals surface area contributed by atoms with E-state index in [9.17, 15) is 22.0 Å². The second-order valence-corrected chi connectivity index (χ2v) is 6.97. The van der Waals surface area contributed by atoms with E-state index in [-0.39, 0.29) is 30.0 Å². The molecule has 154 valence electrons. The molecule has 4 nitrogen and oxygen atoms in total. The van der Waals surface area contributed by atoms with Crippen LogP contribution in [-0.4, -0.2) is 34.0 Å². The first-order valence-electron chi connectivity index (χ1n) is 9.27. The second kappa shape index (κ2) is 8.41. The molecule has 1 saturated heterocycles. The summed E-state index contributed by atoms with van der Waals surface area (Å²) in [6, 6.07) is 5.14. The minimum absolute atomic E-state index is 0.154. The normalized spacial score (nSPS) is 17.1. The summed E-state index contributed by atoms with van der Waals surface area (Å²) in [5, 5.41) is 9.15. The Morgan fingerprint density at radius 2 is 1.93 bits per heavy atom. The molecule has 0 aliphatic carbocycles. The number of hydrogen-bond donors (Lipinski definition) is 0. The number of likely N-dealkylation sites (tertiary alicyclic amines) is 1. The van der Waals surface area contributed by atoms with Crippen LogP contribution < -0.4 is 0 Å². The first-order chi connectivity index (χ1) is 13.7. The first kappa shape index (κ1) is 21.1. The topological polar surface area (TPSA) is 52.8 Å². The average molecular weight is 410 g/mol. The van der Waals surface area contributed by atoms with Gasteiger partial charge in [0.15, 0.2) is 0 Å². The molecule has 29 heavy (non-hydrogen) atoms. The molecule has 1 fully saturated rings. The maximum atomic E-state index is 13.9. The van der Waals surface area contributed by atoms with Gasteiger partial charge in [0.05, 0.1) is 11.3 Å². The van der Waals surface area contributed by atoms with Crippen LogP contribution in [0, 0.1) is 11.3 Å². The van der Waals surface area contributed by atoms with Gasteiger partial charge in [-0.1, -0.05) is 12.1 Å². The van der Waals surface area contributed by atoms with Gasteiger partial charge in [0.25, 0.3) is 0 Å². The van der Waals surface area contributed by atoms with Crippen LogP contribution in [0.4, 0.5) is 22.0 Å². The summed E-state index contributed by atoms with van der Waals surface area (Å²) in [6.07, 6.45) is -2.72. The highest BCUT2D eigenvalue weighted by Crippen LogP contribution is 2.32. The summed E-state index contributed by atoms with van der Waals surface area (Å²) in [5.41, 5.74) is 0.0220. The number of piperidine rings is 1. The number of alkyl halides is 5. The van der Waals surface area contributed by atoms with Crippen molar-refractivity contribution in [2.24, 2.45) is 0 Å². The van der Waals surface area contributed by atoms with Crippen molar-refractivity contribution in [3.05, 3.63) is 47.4 Å². The molecule has 1 aliphatic heterocycles. The van der Waals surface area contributed by atoms with Crippen molar-refractivity contribution in [1.29, 1.82) is 5.26 Å². The summed E-state index contributed by atoms with van der Waals surface area (Å²) in [7, 11) is 0. The third-order valence-electron chi connectivity index (χ3n) is 4.84. The van der Waals surface area contributed by atoms with E-state index in [4.69, 9.17) is 5.26 Å². The van der Waals surface area contributed by atoms with Crippen molar-refractivity contribution >= 4 is 0 Å². The van der Waals surface area contributed by atoms with Crippen molar-refractivity contribution in [2.45, 2.75) is 44.3 Å². The Kier molecular flexibility index (Phi) is 6.13. The lowest BCUT2D eigenvalue weighted by molar-refractivity contribution is -0.167. The minimum atomic E-state index is -4.50. The minimum Gasteiger partial charge on any atom is -0.245 e. The number of nitriles is 1. The predicted octanol–water partition coefficient (Wildman–Crippen LogP) is 5.05. The van der Waals surface area contributed by atoms with Crippen molar-refractivity contribution in [3.63, 3.8) is 0 Å². The quantitative estimate of drug-likeness (QED) is 0.512. The van der Waals surface area contributed by atoms with Crippen LogP contribution in [-0.2, 0) is 12.6 Å². The molecular formula is C20H19F5N4. The van der Waals surface area contributed by atoms with Crippen LogP contribution in [0.2, 0.25) is 0 Å².